The third-order valence-corrected chi connectivity index (χ3v) is 6.49. The van der Waals surface area contributed by atoms with Crippen molar-refractivity contribution in [3.05, 3.63) is 18.0 Å². The zero-order chi connectivity index (χ0) is 14.8. The van der Waals surface area contributed by atoms with Crippen LogP contribution in [0.25, 0.3) is 0 Å². The van der Waals surface area contributed by atoms with E-state index < -0.39 is 10.0 Å². The number of aromatic nitrogens is 1. The average molecular weight is 318 g/mol. The molecule has 2 unspecified atom stereocenters. The molecule has 1 saturated carbocycles. The minimum Gasteiger partial charge on any atom is -0.390 e. The lowest BCUT2D eigenvalue weighted by atomic mass is 9.96. The third kappa shape index (κ3) is 3.39. The number of nitrogens with zero attached hydrogens (tertiary/aromatic N) is 1. The maximum atomic E-state index is 12.4. The molecule has 0 amide bonds. The first-order valence-electron chi connectivity index (χ1n) is 6.79. The molecular weight excluding hydrogens is 296 g/mol. The molecule has 1 heterocycles. The summed E-state index contributed by atoms with van der Waals surface area (Å²) in [5, 5.41) is 9.51. The van der Waals surface area contributed by atoms with Crippen LogP contribution in [0.5, 0.6) is 0 Å². The Labute approximate surface area is 124 Å². The molecule has 1 aliphatic carbocycles. The van der Waals surface area contributed by atoms with E-state index in [1.165, 1.54) is 12.5 Å². The van der Waals surface area contributed by atoms with Crippen molar-refractivity contribution < 1.29 is 13.5 Å². The summed E-state index contributed by atoms with van der Waals surface area (Å²) in [7, 11) is -1.78. The number of nitrogens with one attached hydrogen (secondary N) is 1. The summed E-state index contributed by atoms with van der Waals surface area (Å²) >= 11 is 1.73. The van der Waals surface area contributed by atoms with Gasteiger partial charge in [-0.25, -0.2) is 13.1 Å². The van der Waals surface area contributed by atoms with Crippen LogP contribution >= 0.6 is 11.8 Å². The van der Waals surface area contributed by atoms with Crippen LogP contribution in [0, 0.1) is 0 Å². The van der Waals surface area contributed by atoms with Crippen LogP contribution < -0.4 is 4.72 Å². The van der Waals surface area contributed by atoms with Gasteiger partial charge in [-0.05, 0) is 25.2 Å². The van der Waals surface area contributed by atoms with Crippen LogP contribution in [0.1, 0.15) is 31.4 Å². The summed E-state index contributed by atoms with van der Waals surface area (Å²) in [6, 6.07) is 1.53. The van der Waals surface area contributed by atoms with Gasteiger partial charge in [0.2, 0.25) is 10.0 Å². The van der Waals surface area contributed by atoms with Crippen molar-refractivity contribution in [3.8, 4) is 0 Å². The van der Waals surface area contributed by atoms with Crippen molar-refractivity contribution in [3.63, 3.8) is 0 Å². The van der Waals surface area contributed by atoms with Gasteiger partial charge in [-0.1, -0.05) is 12.8 Å². The van der Waals surface area contributed by atoms with E-state index in [-0.39, 0.29) is 17.5 Å². The van der Waals surface area contributed by atoms with Crippen molar-refractivity contribution in [2.75, 3.05) is 6.26 Å². The fourth-order valence-electron chi connectivity index (χ4n) is 2.66. The van der Waals surface area contributed by atoms with Crippen LogP contribution in [-0.4, -0.2) is 35.6 Å². The number of hydrogen-bond donors (Lipinski definition) is 2. The van der Waals surface area contributed by atoms with E-state index in [4.69, 9.17) is 5.11 Å². The Hall–Kier alpha value is -0.500. The van der Waals surface area contributed by atoms with Gasteiger partial charge in [-0.3, -0.25) is 0 Å². The topological polar surface area (TPSA) is 71.3 Å². The maximum absolute atomic E-state index is 12.4. The molecule has 20 heavy (non-hydrogen) atoms. The van der Waals surface area contributed by atoms with Gasteiger partial charge in [0.1, 0.15) is 0 Å². The Morgan fingerprint density at radius 3 is 2.75 bits per heavy atom. The minimum absolute atomic E-state index is 0.00142. The van der Waals surface area contributed by atoms with E-state index in [0.29, 0.717) is 10.9 Å². The first-order valence-corrected chi connectivity index (χ1v) is 9.56. The number of aliphatic hydroxyl groups excluding tert-OH is 1. The molecular formula is C13H22N2O3S2. The summed E-state index contributed by atoms with van der Waals surface area (Å²) in [6.07, 6.45) is 7.77. The quantitative estimate of drug-likeness (QED) is 0.862. The third-order valence-electron chi connectivity index (χ3n) is 3.87. The molecule has 2 rings (SSSR count). The molecule has 114 valence electrons. The van der Waals surface area contributed by atoms with Crippen LogP contribution in [-0.2, 0) is 23.7 Å². The van der Waals surface area contributed by atoms with Gasteiger partial charge in [0.25, 0.3) is 0 Å². The Kier molecular flexibility index (Phi) is 5.17. The first-order chi connectivity index (χ1) is 9.47. The lowest BCUT2D eigenvalue weighted by Gasteiger charge is -2.30. The average Bonchev–Trinajstić information content (AvgIpc) is 2.81. The molecule has 0 spiro atoms. The van der Waals surface area contributed by atoms with Crippen LogP contribution in [0.3, 0.4) is 0 Å². The minimum atomic E-state index is -3.51. The Balaban J connectivity index is 2.17. The van der Waals surface area contributed by atoms with E-state index >= 15 is 0 Å². The summed E-state index contributed by atoms with van der Waals surface area (Å²) in [6.45, 7) is -0.164. The number of aryl methyl sites for hydroxylation is 1. The highest BCUT2D eigenvalue weighted by molar-refractivity contribution is 7.99. The van der Waals surface area contributed by atoms with Crippen LogP contribution in [0.15, 0.2) is 17.2 Å². The molecule has 1 aromatic heterocycles. The van der Waals surface area contributed by atoms with Gasteiger partial charge >= 0.3 is 0 Å². The normalized spacial score (nSPS) is 23.9. The highest BCUT2D eigenvalue weighted by Gasteiger charge is 2.29. The van der Waals surface area contributed by atoms with Crippen molar-refractivity contribution >= 4 is 21.8 Å². The number of thioether (sulfide) groups is 1. The standard InChI is InChI=1S/C13H22N2O3S2/c1-15-8-11(7-10(15)9-16)20(17,18)14-12-5-3-4-6-13(12)19-2/h7-8,12-14,16H,3-6,9H2,1-2H3. The molecule has 0 bridgehead atoms. The predicted molar refractivity (Wildman–Crippen MR) is 81.2 cm³/mol. The first kappa shape index (κ1) is 15.9. The molecule has 0 aliphatic heterocycles. The lowest BCUT2D eigenvalue weighted by Crippen LogP contribution is -2.43. The van der Waals surface area contributed by atoms with E-state index in [2.05, 4.69) is 4.72 Å². The zero-order valence-electron chi connectivity index (χ0n) is 11.9. The SMILES string of the molecule is CSC1CCCCC1NS(=O)(=O)c1cc(CO)n(C)c1. The van der Waals surface area contributed by atoms with Crippen LogP contribution in [0.2, 0.25) is 0 Å². The molecule has 1 aliphatic rings. The fraction of sp³-hybridized carbons (Fsp3) is 0.692. The highest BCUT2D eigenvalue weighted by Crippen LogP contribution is 2.28. The molecule has 1 aromatic rings. The lowest BCUT2D eigenvalue weighted by molar-refractivity contribution is 0.272. The van der Waals surface area contributed by atoms with E-state index in [1.54, 1.807) is 29.6 Å². The molecule has 2 N–H and O–H groups in total. The second kappa shape index (κ2) is 6.51. The largest absolute Gasteiger partial charge is 0.390 e. The Morgan fingerprint density at radius 2 is 2.15 bits per heavy atom. The van der Waals surface area contributed by atoms with Crippen molar-refractivity contribution in [2.24, 2.45) is 7.05 Å². The monoisotopic (exact) mass is 318 g/mol. The molecule has 0 aromatic carbocycles. The second-order valence-electron chi connectivity index (χ2n) is 5.22. The Bertz CT molecular complexity index is 554. The number of hydrogen-bond acceptors (Lipinski definition) is 4. The smallest absolute Gasteiger partial charge is 0.242 e. The highest BCUT2D eigenvalue weighted by atomic mass is 32.2. The van der Waals surface area contributed by atoms with E-state index in [9.17, 15) is 8.42 Å². The zero-order valence-corrected chi connectivity index (χ0v) is 13.5. The summed E-state index contributed by atoms with van der Waals surface area (Å²) in [4.78, 5) is 0.231. The van der Waals surface area contributed by atoms with E-state index in [1.807, 2.05) is 6.26 Å². The van der Waals surface area contributed by atoms with Gasteiger partial charge in [0.05, 0.1) is 11.5 Å². The second-order valence-corrected chi connectivity index (χ2v) is 8.01. The molecule has 7 heteroatoms. The molecule has 0 saturated heterocycles. The van der Waals surface area contributed by atoms with Gasteiger partial charge in [0, 0.05) is 30.2 Å². The van der Waals surface area contributed by atoms with Gasteiger partial charge in [-0.15, -0.1) is 0 Å². The van der Waals surface area contributed by atoms with Crippen LogP contribution in [0.4, 0.5) is 0 Å². The Morgan fingerprint density at radius 1 is 1.45 bits per heavy atom. The van der Waals surface area contributed by atoms with Crippen molar-refractivity contribution in [1.82, 2.24) is 9.29 Å². The maximum Gasteiger partial charge on any atom is 0.242 e. The van der Waals surface area contributed by atoms with Gasteiger partial charge < -0.3 is 9.67 Å². The number of sulfonamides is 1. The summed E-state index contributed by atoms with van der Waals surface area (Å²) < 4.78 is 29.3. The van der Waals surface area contributed by atoms with Gasteiger partial charge in [-0.2, -0.15) is 11.8 Å². The van der Waals surface area contributed by atoms with Crippen molar-refractivity contribution in [2.45, 2.75) is 48.5 Å². The van der Waals surface area contributed by atoms with Gasteiger partial charge in [0.15, 0.2) is 0 Å². The summed E-state index contributed by atoms with van der Waals surface area (Å²) in [5.74, 6) is 0. The van der Waals surface area contributed by atoms with Crippen molar-refractivity contribution in [1.29, 1.82) is 0 Å². The number of rotatable bonds is 5. The predicted octanol–water partition coefficient (Wildman–Crippen LogP) is 1.47. The summed E-state index contributed by atoms with van der Waals surface area (Å²) in [5.41, 5.74) is 0.593. The number of aliphatic hydroxyl groups is 1. The molecule has 0 radical (unpaired) electrons. The van der Waals surface area contributed by atoms with E-state index in [0.717, 1.165) is 19.3 Å². The fourth-order valence-corrected chi connectivity index (χ4v) is 5.09. The molecule has 5 nitrogen and oxygen atoms in total. The molecule has 1 fully saturated rings. The molecule has 2 atom stereocenters.